The van der Waals surface area contributed by atoms with Gasteiger partial charge in [0.15, 0.2) is 0 Å². The molecule has 2 aromatic rings. The zero-order valence-electron chi connectivity index (χ0n) is 15.0. The fourth-order valence-electron chi connectivity index (χ4n) is 3.34. The molecule has 3 rings (SSSR count). The Kier molecular flexibility index (Phi) is 6.43. The minimum absolute atomic E-state index is 0.289. The number of nitrogens with zero attached hydrogens (tertiary/aromatic N) is 1. The van der Waals surface area contributed by atoms with Crippen LogP contribution in [0.1, 0.15) is 47.7 Å². The molecule has 0 bridgehead atoms. The number of amides is 1. The molecule has 0 aliphatic carbocycles. The number of hydrogen-bond acceptors (Lipinski definition) is 2. The van der Waals surface area contributed by atoms with Crippen LogP contribution >= 0.6 is 15.9 Å². The number of hydrogen-bond donors (Lipinski definition) is 1. The summed E-state index contributed by atoms with van der Waals surface area (Å²) in [6, 6.07) is 13.1. The summed E-state index contributed by atoms with van der Waals surface area (Å²) in [4.78, 5) is 14.8. The van der Waals surface area contributed by atoms with E-state index in [4.69, 9.17) is 0 Å². The lowest BCUT2D eigenvalue weighted by Crippen LogP contribution is -2.36. The van der Waals surface area contributed by atoms with Gasteiger partial charge in [-0.3, -0.25) is 9.69 Å². The summed E-state index contributed by atoms with van der Waals surface area (Å²) < 4.78 is 13.9. The highest BCUT2D eigenvalue weighted by atomic mass is 79.9. The van der Waals surface area contributed by atoms with E-state index in [1.54, 1.807) is 6.07 Å². The SMILES string of the molecule is CC1CCCCN1Cc1ccc(CNC(=O)c2cc(F)ccc2Br)cc1. The van der Waals surface area contributed by atoms with Crippen molar-refractivity contribution in [3.63, 3.8) is 0 Å². The largest absolute Gasteiger partial charge is 0.348 e. The summed E-state index contributed by atoms with van der Waals surface area (Å²) in [6.45, 7) is 4.86. The second-order valence-corrected chi connectivity index (χ2v) is 7.79. The van der Waals surface area contributed by atoms with Crippen molar-refractivity contribution < 1.29 is 9.18 Å². The molecule has 0 saturated carbocycles. The summed E-state index contributed by atoms with van der Waals surface area (Å²) in [5, 5.41) is 2.85. The number of carbonyl (C=O) groups is 1. The molecule has 3 nitrogen and oxygen atoms in total. The van der Waals surface area contributed by atoms with Gasteiger partial charge in [-0.05, 0) is 71.6 Å². The van der Waals surface area contributed by atoms with Crippen LogP contribution in [0, 0.1) is 5.82 Å². The zero-order chi connectivity index (χ0) is 18.5. The van der Waals surface area contributed by atoms with Crippen LogP contribution in [-0.4, -0.2) is 23.4 Å². The summed E-state index contributed by atoms with van der Waals surface area (Å²) in [5.74, 6) is -0.711. The van der Waals surface area contributed by atoms with Crippen LogP contribution in [-0.2, 0) is 13.1 Å². The molecule has 0 spiro atoms. The number of likely N-dealkylation sites (tertiary alicyclic amines) is 1. The molecule has 1 saturated heterocycles. The van der Waals surface area contributed by atoms with E-state index >= 15 is 0 Å². The van der Waals surface area contributed by atoms with E-state index in [2.05, 4.69) is 45.2 Å². The molecule has 1 amide bonds. The van der Waals surface area contributed by atoms with E-state index in [0.29, 0.717) is 22.6 Å². The van der Waals surface area contributed by atoms with E-state index in [1.165, 1.54) is 43.5 Å². The fourth-order valence-corrected chi connectivity index (χ4v) is 3.77. The van der Waals surface area contributed by atoms with Crippen molar-refractivity contribution in [3.05, 3.63) is 69.4 Å². The van der Waals surface area contributed by atoms with E-state index in [9.17, 15) is 9.18 Å². The Balaban J connectivity index is 1.55. The lowest BCUT2D eigenvalue weighted by molar-refractivity contribution is 0.0949. The molecule has 5 heteroatoms. The molecule has 0 aromatic heterocycles. The number of benzene rings is 2. The van der Waals surface area contributed by atoms with Crippen molar-refractivity contribution in [1.82, 2.24) is 10.2 Å². The Bertz CT molecular complexity index is 763. The third-order valence-corrected chi connectivity index (χ3v) is 5.67. The molecule has 2 aromatic carbocycles. The monoisotopic (exact) mass is 418 g/mol. The number of rotatable bonds is 5. The van der Waals surface area contributed by atoms with Crippen molar-refractivity contribution in [2.75, 3.05) is 6.54 Å². The average Bonchev–Trinajstić information content (AvgIpc) is 2.65. The van der Waals surface area contributed by atoms with Crippen molar-refractivity contribution in [3.8, 4) is 0 Å². The Labute approximate surface area is 162 Å². The van der Waals surface area contributed by atoms with Gasteiger partial charge >= 0.3 is 0 Å². The van der Waals surface area contributed by atoms with Crippen molar-refractivity contribution >= 4 is 21.8 Å². The smallest absolute Gasteiger partial charge is 0.252 e. The van der Waals surface area contributed by atoms with Crippen LogP contribution in [0.25, 0.3) is 0 Å². The van der Waals surface area contributed by atoms with Crippen LogP contribution in [0.3, 0.4) is 0 Å². The first kappa shape index (κ1) is 19.1. The highest BCUT2D eigenvalue weighted by Crippen LogP contribution is 2.20. The Morgan fingerprint density at radius 1 is 1.19 bits per heavy atom. The predicted molar refractivity (Wildman–Crippen MR) is 105 cm³/mol. The summed E-state index contributed by atoms with van der Waals surface area (Å²) >= 11 is 3.29. The summed E-state index contributed by atoms with van der Waals surface area (Å²) in [5.41, 5.74) is 2.63. The molecule has 1 heterocycles. The fraction of sp³-hybridized carbons (Fsp3) is 0.381. The molecule has 1 aliphatic heterocycles. The summed E-state index contributed by atoms with van der Waals surface area (Å²) in [6.07, 6.45) is 3.89. The summed E-state index contributed by atoms with van der Waals surface area (Å²) in [7, 11) is 0. The van der Waals surface area contributed by atoms with Crippen LogP contribution in [0.2, 0.25) is 0 Å². The van der Waals surface area contributed by atoms with Crippen LogP contribution in [0.4, 0.5) is 4.39 Å². The second kappa shape index (κ2) is 8.78. The maximum absolute atomic E-state index is 13.3. The maximum atomic E-state index is 13.3. The molecular weight excluding hydrogens is 395 g/mol. The average molecular weight is 419 g/mol. The number of halogens is 2. The molecule has 138 valence electrons. The molecule has 1 atom stereocenters. The van der Waals surface area contributed by atoms with Crippen LogP contribution < -0.4 is 5.32 Å². The van der Waals surface area contributed by atoms with Gasteiger partial charge in [0, 0.05) is 23.6 Å². The molecule has 26 heavy (non-hydrogen) atoms. The van der Waals surface area contributed by atoms with Gasteiger partial charge in [-0.1, -0.05) is 30.7 Å². The maximum Gasteiger partial charge on any atom is 0.252 e. The lowest BCUT2D eigenvalue weighted by atomic mass is 10.0. The zero-order valence-corrected chi connectivity index (χ0v) is 16.6. The van der Waals surface area contributed by atoms with Gasteiger partial charge < -0.3 is 5.32 Å². The van der Waals surface area contributed by atoms with E-state index < -0.39 is 5.82 Å². The van der Waals surface area contributed by atoms with E-state index in [0.717, 1.165) is 12.1 Å². The van der Waals surface area contributed by atoms with Gasteiger partial charge in [-0.2, -0.15) is 0 Å². The van der Waals surface area contributed by atoms with Gasteiger partial charge in [0.2, 0.25) is 0 Å². The normalized spacial score (nSPS) is 17.9. The third-order valence-electron chi connectivity index (χ3n) is 4.98. The third kappa shape index (κ3) is 4.92. The quantitative estimate of drug-likeness (QED) is 0.749. The van der Waals surface area contributed by atoms with Gasteiger partial charge in [-0.25, -0.2) is 4.39 Å². The van der Waals surface area contributed by atoms with Gasteiger partial charge in [0.25, 0.3) is 5.91 Å². The van der Waals surface area contributed by atoms with Gasteiger partial charge in [-0.15, -0.1) is 0 Å². The topological polar surface area (TPSA) is 32.3 Å². The molecular formula is C21H24BrFN2O. The molecule has 1 unspecified atom stereocenters. The first-order chi connectivity index (χ1) is 12.5. The van der Waals surface area contributed by atoms with E-state index in [-0.39, 0.29) is 5.91 Å². The van der Waals surface area contributed by atoms with Crippen molar-refractivity contribution in [2.24, 2.45) is 0 Å². The Morgan fingerprint density at radius 3 is 2.65 bits per heavy atom. The Hall–Kier alpha value is -1.72. The number of nitrogens with one attached hydrogen (secondary N) is 1. The highest BCUT2D eigenvalue weighted by Gasteiger charge is 2.18. The first-order valence-electron chi connectivity index (χ1n) is 9.08. The minimum Gasteiger partial charge on any atom is -0.348 e. The highest BCUT2D eigenvalue weighted by molar-refractivity contribution is 9.10. The Morgan fingerprint density at radius 2 is 1.92 bits per heavy atom. The predicted octanol–water partition coefficient (Wildman–Crippen LogP) is 4.89. The second-order valence-electron chi connectivity index (χ2n) is 6.94. The minimum atomic E-state index is -0.422. The standard InChI is InChI=1S/C21H24BrFN2O/c1-15-4-2-3-11-25(15)14-17-7-5-16(6-8-17)13-24-21(26)19-12-18(23)9-10-20(19)22/h5-10,12,15H,2-4,11,13-14H2,1H3,(H,24,26). The number of piperidine rings is 1. The molecule has 1 aliphatic rings. The molecule has 1 fully saturated rings. The molecule has 0 radical (unpaired) electrons. The van der Waals surface area contributed by atoms with Gasteiger partial charge in [0.05, 0.1) is 5.56 Å². The van der Waals surface area contributed by atoms with Crippen LogP contribution in [0.15, 0.2) is 46.9 Å². The van der Waals surface area contributed by atoms with Crippen molar-refractivity contribution in [1.29, 1.82) is 0 Å². The first-order valence-corrected chi connectivity index (χ1v) is 9.87. The van der Waals surface area contributed by atoms with Crippen LogP contribution in [0.5, 0.6) is 0 Å². The van der Waals surface area contributed by atoms with Gasteiger partial charge in [0.1, 0.15) is 5.82 Å². The lowest BCUT2D eigenvalue weighted by Gasteiger charge is -2.33. The number of carbonyl (C=O) groups excluding carboxylic acids is 1. The van der Waals surface area contributed by atoms with E-state index in [1.807, 2.05) is 12.1 Å². The molecule has 1 N–H and O–H groups in total. The van der Waals surface area contributed by atoms with Crippen molar-refractivity contribution in [2.45, 2.75) is 45.3 Å².